The van der Waals surface area contributed by atoms with Crippen LogP contribution in [0.1, 0.15) is 11.1 Å². The highest BCUT2D eigenvalue weighted by atomic mass is 15.3. The number of nitrogen functional groups attached to an aromatic ring is 1. The minimum Gasteiger partial charge on any atom is -0.393 e. The van der Waals surface area contributed by atoms with Crippen LogP contribution in [-0.2, 0) is 13.1 Å². The Morgan fingerprint density at radius 1 is 0.929 bits per heavy atom. The van der Waals surface area contributed by atoms with Crippen LogP contribution in [0, 0.1) is 0 Å². The third kappa shape index (κ3) is 4.37. The smallest absolute Gasteiger partial charge is 0.157 e. The maximum Gasteiger partial charge on any atom is 0.157 e. The van der Waals surface area contributed by atoms with E-state index < -0.39 is 0 Å². The molecule has 2 aromatic heterocycles. The molecule has 0 spiro atoms. The van der Waals surface area contributed by atoms with E-state index in [1.54, 1.807) is 12.5 Å². The van der Waals surface area contributed by atoms with Crippen molar-refractivity contribution < 1.29 is 0 Å². The van der Waals surface area contributed by atoms with Crippen molar-refractivity contribution in [3.05, 3.63) is 72.3 Å². The predicted molar refractivity (Wildman–Crippen MR) is 112 cm³/mol. The second-order valence-electron chi connectivity index (χ2n) is 6.92. The molecule has 0 atom stereocenters. The number of aromatic nitrogens is 3. The van der Waals surface area contributed by atoms with Gasteiger partial charge in [-0.25, -0.2) is 9.97 Å². The van der Waals surface area contributed by atoms with Crippen LogP contribution in [0.4, 0.5) is 17.3 Å². The third-order valence-corrected chi connectivity index (χ3v) is 4.97. The summed E-state index contributed by atoms with van der Waals surface area (Å²) in [6, 6.07) is 14.5. The molecule has 1 fully saturated rings. The van der Waals surface area contributed by atoms with E-state index in [1.165, 1.54) is 5.56 Å². The Labute approximate surface area is 165 Å². The first kappa shape index (κ1) is 18.2. The van der Waals surface area contributed by atoms with Gasteiger partial charge in [-0.1, -0.05) is 36.4 Å². The summed E-state index contributed by atoms with van der Waals surface area (Å²) in [4.78, 5) is 17.6. The number of hydrogen-bond acceptors (Lipinski definition) is 7. The summed E-state index contributed by atoms with van der Waals surface area (Å²) in [6.45, 7) is 5.37. The summed E-state index contributed by atoms with van der Waals surface area (Å²) >= 11 is 0. The van der Waals surface area contributed by atoms with E-state index in [1.807, 2.05) is 18.3 Å². The van der Waals surface area contributed by atoms with E-state index in [0.29, 0.717) is 18.1 Å². The molecule has 3 aromatic rings. The van der Waals surface area contributed by atoms with Gasteiger partial charge in [-0.2, -0.15) is 0 Å². The van der Waals surface area contributed by atoms with Gasteiger partial charge in [0.05, 0.1) is 0 Å². The standard InChI is InChI=1S/C21H25N7/c22-19-20(24-14-18-7-4-8-23-13-18)25-16-26-21(19)28-11-9-27(10-12-28)15-17-5-2-1-3-6-17/h1-8,13,16H,9-12,14-15,22H2,(H,24,25,26). The second-order valence-corrected chi connectivity index (χ2v) is 6.92. The molecule has 7 nitrogen and oxygen atoms in total. The maximum absolute atomic E-state index is 6.38. The van der Waals surface area contributed by atoms with Gasteiger partial charge in [0.1, 0.15) is 12.0 Å². The molecule has 0 bridgehead atoms. The molecule has 1 saturated heterocycles. The summed E-state index contributed by atoms with van der Waals surface area (Å²) in [5.41, 5.74) is 9.40. The van der Waals surface area contributed by atoms with E-state index in [-0.39, 0.29) is 0 Å². The number of piperazine rings is 1. The van der Waals surface area contributed by atoms with Gasteiger partial charge in [0.25, 0.3) is 0 Å². The molecule has 1 aliphatic heterocycles. The van der Waals surface area contributed by atoms with Crippen LogP contribution in [0.3, 0.4) is 0 Å². The third-order valence-electron chi connectivity index (χ3n) is 4.97. The van der Waals surface area contributed by atoms with Gasteiger partial charge >= 0.3 is 0 Å². The fourth-order valence-electron chi connectivity index (χ4n) is 3.43. The van der Waals surface area contributed by atoms with E-state index in [2.05, 4.69) is 60.4 Å². The topological polar surface area (TPSA) is 83.2 Å². The predicted octanol–water partition coefficient (Wildman–Crippen LogP) is 2.39. The maximum atomic E-state index is 6.38. The molecule has 0 saturated carbocycles. The second kappa shape index (κ2) is 8.67. The molecule has 3 heterocycles. The highest BCUT2D eigenvalue weighted by Crippen LogP contribution is 2.27. The molecular formula is C21H25N7. The quantitative estimate of drug-likeness (QED) is 0.684. The number of hydrogen-bond donors (Lipinski definition) is 2. The largest absolute Gasteiger partial charge is 0.393 e. The lowest BCUT2D eigenvalue weighted by molar-refractivity contribution is 0.249. The molecule has 144 valence electrons. The molecule has 28 heavy (non-hydrogen) atoms. The van der Waals surface area contributed by atoms with Gasteiger partial charge in [-0.3, -0.25) is 9.88 Å². The number of rotatable bonds is 6. The minimum absolute atomic E-state index is 0.600. The summed E-state index contributed by atoms with van der Waals surface area (Å²) in [6.07, 6.45) is 5.17. The first-order valence-electron chi connectivity index (χ1n) is 9.54. The Morgan fingerprint density at radius 2 is 1.71 bits per heavy atom. The number of nitrogens with two attached hydrogens (primary N) is 1. The fraction of sp³-hybridized carbons (Fsp3) is 0.286. The van der Waals surface area contributed by atoms with Crippen molar-refractivity contribution in [1.82, 2.24) is 19.9 Å². The lowest BCUT2D eigenvalue weighted by atomic mass is 10.2. The zero-order valence-corrected chi connectivity index (χ0v) is 15.8. The van der Waals surface area contributed by atoms with E-state index in [0.717, 1.165) is 44.1 Å². The van der Waals surface area contributed by atoms with Crippen LogP contribution in [0.15, 0.2) is 61.2 Å². The van der Waals surface area contributed by atoms with Gasteiger partial charge in [-0.15, -0.1) is 0 Å². The van der Waals surface area contributed by atoms with Gasteiger partial charge in [0.2, 0.25) is 0 Å². The van der Waals surface area contributed by atoms with Crippen molar-refractivity contribution in [2.24, 2.45) is 0 Å². The lowest BCUT2D eigenvalue weighted by Crippen LogP contribution is -2.46. The van der Waals surface area contributed by atoms with Crippen LogP contribution in [0.5, 0.6) is 0 Å². The normalized spacial score (nSPS) is 14.8. The Kier molecular flexibility index (Phi) is 5.63. The van der Waals surface area contributed by atoms with Crippen LogP contribution in [0.2, 0.25) is 0 Å². The lowest BCUT2D eigenvalue weighted by Gasteiger charge is -2.36. The molecule has 0 unspecified atom stereocenters. The van der Waals surface area contributed by atoms with Gasteiger partial charge in [-0.05, 0) is 17.2 Å². The SMILES string of the molecule is Nc1c(NCc2cccnc2)ncnc1N1CCN(Cc2ccccc2)CC1. The van der Waals surface area contributed by atoms with E-state index in [9.17, 15) is 0 Å². The van der Waals surface area contributed by atoms with Crippen LogP contribution in [-0.4, -0.2) is 46.0 Å². The molecule has 0 aliphatic carbocycles. The van der Waals surface area contributed by atoms with Crippen LogP contribution < -0.4 is 16.0 Å². The number of benzene rings is 1. The first-order chi connectivity index (χ1) is 13.8. The molecule has 3 N–H and O–H groups in total. The molecule has 4 rings (SSSR count). The van der Waals surface area contributed by atoms with Crippen molar-refractivity contribution in [2.75, 3.05) is 42.1 Å². The highest BCUT2D eigenvalue weighted by Gasteiger charge is 2.21. The zero-order valence-electron chi connectivity index (χ0n) is 15.8. The Morgan fingerprint density at radius 3 is 2.46 bits per heavy atom. The fourth-order valence-corrected chi connectivity index (χ4v) is 3.43. The Hall–Kier alpha value is -3.19. The van der Waals surface area contributed by atoms with Crippen molar-refractivity contribution >= 4 is 17.3 Å². The van der Waals surface area contributed by atoms with Gasteiger partial charge in [0.15, 0.2) is 11.6 Å². The number of pyridine rings is 1. The van der Waals surface area contributed by atoms with E-state index >= 15 is 0 Å². The van der Waals surface area contributed by atoms with Gasteiger partial charge < -0.3 is 16.0 Å². The summed E-state index contributed by atoms with van der Waals surface area (Å²) < 4.78 is 0. The molecule has 7 heteroatoms. The summed E-state index contributed by atoms with van der Waals surface area (Å²) in [5.74, 6) is 1.48. The first-order valence-corrected chi connectivity index (χ1v) is 9.54. The number of nitrogens with one attached hydrogen (secondary N) is 1. The zero-order chi connectivity index (χ0) is 19.2. The monoisotopic (exact) mass is 375 g/mol. The molecule has 1 aliphatic rings. The van der Waals surface area contributed by atoms with Gasteiger partial charge in [0, 0.05) is 51.7 Å². The van der Waals surface area contributed by atoms with Crippen molar-refractivity contribution in [3.63, 3.8) is 0 Å². The van der Waals surface area contributed by atoms with Crippen molar-refractivity contribution in [3.8, 4) is 0 Å². The Bertz CT molecular complexity index is 878. The van der Waals surface area contributed by atoms with Crippen LogP contribution in [0.25, 0.3) is 0 Å². The molecule has 0 radical (unpaired) electrons. The Balaban J connectivity index is 1.37. The molecular weight excluding hydrogens is 350 g/mol. The number of anilines is 3. The minimum atomic E-state index is 0.600. The van der Waals surface area contributed by atoms with Crippen molar-refractivity contribution in [1.29, 1.82) is 0 Å². The summed E-state index contributed by atoms with van der Waals surface area (Å²) in [5, 5.41) is 3.30. The van der Waals surface area contributed by atoms with Crippen LogP contribution >= 0.6 is 0 Å². The molecule has 0 amide bonds. The number of nitrogens with zero attached hydrogens (tertiary/aromatic N) is 5. The highest BCUT2D eigenvalue weighted by molar-refractivity contribution is 5.75. The molecule has 1 aromatic carbocycles. The average Bonchev–Trinajstić information content (AvgIpc) is 2.75. The van der Waals surface area contributed by atoms with Crippen molar-refractivity contribution in [2.45, 2.75) is 13.1 Å². The van der Waals surface area contributed by atoms with E-state index in [4.69, 9.17) is 5.73 Å². The summed E-state index contributed by atoms with van der Waals surface area (Å²) in [7, 11) is 0. The average molecular weight is 375 g/mol.